The van der Waals surface area contributed by atoms with Crippen LogP contribution in [0.2, 0.25) is 0 Å². The molecule has 12 heteroatoms. The molecule has 0 spiro atoms. The lowest BCUT2D eigenvalue weighted by molar-refractivity contribution is -0.138. The number of carbonyl (C=O) groups is 1. The van der Waals surface area contributed by atoms with Gasteiger partial charge in [0.2, 0.25) is 21.2 Å². The maximum absolute atomic E-state index is 12.6. The molecule has 1 N–H and O–H groups in total. The number of carbonyl (C=O) groups excluding carboxylic acids is 1. The Bertz CT molecular complexity index is 934. The number of anilines is 1. The van der Waals surface area contributed by atoms with E-state index in [-0.39, 0.29) is 21.6 Å². The molecule has 0 aliphatic heterocycles. The van der Waals surface area contributed by atoms with Gasteiger partial charge in [0, 0.05) is 5.56 Å². The number of nitrogens with zero attached hydrogens (tertiary/aromatic N) is 5. The molecule has 0 aliphatic rings. The second kappa shape index (κ2) is 8.61. The standard InChI is InChI=1S/C16H13F3N6OS2/c1-2-11(12(26)21-15-25-23-13(28-15)16(17,18)19)27-14-20-8-10(22-24-14)9-6-4-3-5-7-9/h3-8,11H,2H2,1H3,(H,21,25,26). The van der Waals surface area contributed by atoms with Gasteiger partial charge in [-0.05, 0) is 6.42 Å². The van der Waals surface area contributed by atoms with E-state index in [1.54, 1.807) is 13.1 Å². The molecule has 1 aromatic carbocycles. The van der Waals surface area contributed by atoms with Gasteiger partial charge in [-0.2, -0.15) is 13.2 Å². The van der Waals surface area contributed by atoms with Crippen LogP contribution >= 0.6 is 23.1 Å². The maximum Gasteiger partial charge on any atom is 0.445 e. The van der Waals surface area contributed by atoms with E-state index >= 15 is 0 Å². The molecule has 0 radical (unpaired) electrons. The van der Waals surface area contributed by atoms with Crippen LogP contribution in [0.5, 0.6) is 0 Å². The van der Waals surface area contributed by atoms with Crippen molar-refractivity contribution in [3.8, 4) is 11.3 Å². The van der Waals surface area contributed by atoms with Gasteiger partial charge in [-0.3, -0.25) is 10.1 Å². The first-order valence-corrected chi connectivity index (χ1v) is 9.69. The highest BCUT2D eigenvalue weighted by molar-refractivity contribution is 8.00. The molecule has 1 amide bonds. The first-order chi connectivity index (χ1) is 13.4. The highest BCUT2D eigenvalue weighted by Gasteiger charge is 2.36. The van der Waals surface area contributed by atoms with Gasteiger partial charge in [0.1, 0.15) is 5.69 Å². The zero-order valence-electron chi connectivity index (χ0n) is 14.3. The van der Waals surface area contributed by atoms with Crippen LogP contribution < -0.4 is 5.32 Å². The van der Waals surface area contributed by atoms with Crippen molar-refractivity contribution >= 4 is 34.1 Å². The maximum atomic E-state index is 12.6. The fourth-order valence-electron chi connectivity index (χ4n) is 2.08. The number of amides is 1. The molecular weight excluding hydrogens is 413 g/mol. The topological polar surface area (TPSA) is 93.5 Å². The van der Waals surface area contributed by atoms with Gasteiger partial charge in [0.15, 0.2) is 0 Å². The molecule has 1 unspecified atom stereocenters. The van der Waals surface area contributed by atoms with Gasteiger partial charge in [0.05, 0.1) is 11.4 Å². The molecule has 0 saturated heterocycles. The predicted molar refractivity (Wildman–Crippen MR) is 98.7 cm³/mol. The largest absolute Gasteiger partial charge is 0.445 e. The number of nitrogens with one attached hydrogen (secondary N) is 1. The van der Waals surface area contributed by atoms with E-state index in [1.165, 1.54) is 0 Å². The Morgan fingerprint density at radius 2 is 1.93 bits per heavy atom. The first-order valence-electron chi connectivity index (χ1n) is 8.00. The van der Waals surface area contributed by atoms with Gasteiger partial charge >= 0.3 is 6.18 Å². The van der Waals surface area contributed by atoms with E-state index in [9.17, 15) is 18.0 Å². The first kappa shape index (κ1) is 20.1. The summed E-state index contributed by atoms with van der Waals surface area (Å²) in [6.45, 7) is 1.77. The molecule has 1 atom stereocenters. The summed E-state index contributed by atoms with van der Waals surface area (Å²) in [5.41, 5.74) is 1.46. The molecule has 2 heterocycles. The second-order valence-corrected chi connectivity index (χ2v) is 7.55. The molecule has 3 rings (SSSR count). The minimum absolute atomic E-state index is 0.213. The van der Waals surface area contributed by atoms with Crippen LogP contribution in [0.25, 0.3) is 11.3 Å². The SMILES string of the molecule is CCC(Sc1ncc(-c2ccccc2)nn1)C(=O)Nc1nnc(C(F)(F)F)s1. The van der Waals surface area contributed by atoms with Gasteiger partial charge < -0.3 is 0 Å². The fourth-order valence-corrected chi connectivity index (χ4v) is 3.49. The Morgan fingerprint density at radius 3 is 2.50 bits per heavy atom. The monoisotopic (exact) mass is 426 g/mol. The summed E-state index contributed by atoms with van der Waals surface area (Å²) in [4.78, 5) is 16.5. The van der Waals surface area contributed by atoms with Crippen molar-refractivity contribution in [3.05, 3.63) is 41.5 Å². The van der Waals surface area contributed by atoms with E-state index in [0.29, 0.717) is 12.1 Å². The number of thioether (sulfide) groups is 1. The normalized spacial score (nSPS) is 12.6. The van der Waals surface area contributed by atoms with Crippen molar-refractivity contribution in [3.63, 3.8) is 0 Å². The van der Waals surface area contributed by atoms with Crippen LogP contribution in [0.4, 0.5) is 18.3 Å². The average molecular weight is 426 g/mol. The Morgan fingerprint density at radius 1 is 1.18 bits per heavy atom. The molecule has 3 aromatic rings. The average Bonchev–Trinajstić information content (AvgIpc) is 3.16. The predicted octanol–water partition coefficient (Wildman–Crippen LogP) is 3.92. The smallest absolute Gasteiger partial charge is 0.300 e. The molecule has 28 heavy (non-hydrogen) atoms. The van der Waals surface area contributed by atoms with Crippen LogP contribution in [0, 0.1) is 0 Å². The van der Waals surface area contributed by atoms with E-state index in [1.807, 2.05) is 30.3 Å². The fraction of sp³-hybridized carbons (Fsp3) is 0.250. The van der Waals surface area contributed by atoms with E-state index in [2.05, 4.69) is 30.7 Å². The van der Waals surface area contributed by atoms with E-state index in [0.717, 1.165) is 17.3 Å². The summed E-state index contributed by atoms with van der Waals surface area (Å²) >= 11 is 1.34. The minimum atomic E-state index is -4.60. The van der Waals surface area contributed by atoms with E-state index < -0.39 is 22.3 Å². The number of rotatable bonds is 6. The Hall–Kier alpha value is -2.60. The third kappa shape index (κ3) is 5.01. The van der Waals surface area contributed by atoms with Crippen LogP contribution in [0.3, 0.4) is 0 Å². The lowest BCUT2D eigenvalue weighted by Crippen LogP contribution is -2.24. The Balaban J connectivity index is 1.65. The third-order valence-corrected chi connectivity index (χ3v) is 5.53. The van der Waals surface area contributed by atoms with Crippen molar-refractivity contribution in [2.24, 2.45) is 0 Å². The highest BCUT2D eigenvalue weighted by Crippen LogP contribution is 2.33. The zero-order chi connectivity index (χ0) is 20.1. The second-order valence-electron chi connectivity index (χ2n) is 5.41. The summed E-state index contributed by atoms with van der Waals surface area (Å²) in [6.07, 6.45) is -2.64. The van der Waals surface area contributed by atoms with Crippen LogP contribution in [-0.2, 0) is 11.0 Å². The Kier molecular flexibility index (Phi) is 6.19. The number of hydrogen-bond acceptors (Lipinski definition) is 8. The molecule has 0 saturated carbocycles. The van der Waals surface area contributed by atoms with Gasteiger partial charge in [0.25, 0.3) is 0 Å². The quantitative estimate of drug-likeness (QED) is 0.597. The van der Waals surface area contributed by atoms with Crippen LogP contribution in [0.15, 0.2) is 41.7 Å². The number of benzene rings is 1. The lowest BCUT2D eigenvalue weighted by atomic mass is 10.2. The van der Waals surface area contributed by atoms with Crippen molar-refractivity contribution in [2.45, 2.75) is 29.9 Å². The molecule has 7 nitrogen and oxygen atoms in total. The number of halogens is 3. The summed E-state index contributed by atoms with van der Waals surface area (Å²) in [5, 5.41) is 15.2. The summed E-state index contributed by atoms with van der Waals surface area (Å²) < 4.78 is 37.7. The molecular formula is C16H13F3N6OS2. The molecule has 0 fully saturated rings. The van der Waals surface area contributed by atoms with E-state index in [4.69, 9.17) is 0 Å². The summed E-state index contributed by atoms with van der Waals surface area (Å²) in [5.74, 6) is -0.506. The highest BCUT2D eigenvalue weighted by atomic mass is 32.2. The lowest BCUT2D eigenvalue weighted by Gasteiger charge is -2.11. The Labute approximate surface area is 165 Å². The van der Waals surface area contributed by atoms with Crippen LogP contribution in [-0.4, -0.2) is 36.5 Å². The molecule has 0 aliphatic carbocycles. The van der Waals surface area contributed by atoms with Crippen molar-refractivity contribution < 1.29 is 18.0 Å². The number of hydrogen-bond donors (Lipinski definition) is 1. The summed E-state index contributed by atoms with van der Waals surface area (Å²) in [7, 11) is 0. The van der Waals surface area contributed by atoms with Gasteiger partial charge in [-0.1, -0.05) is 60.4 Å². The van der Waals surface area contributed by atoms with Crippen molar-refractivity contribution in [2.75, 3.05) is 5.32 Å². The zero-order valence-corrected chi connectivity index (χ0v) is 16.0. The van der Waals surface area contributed by atoms with Crippen LogP contribution in [0.1, 0.15) is 18.4 Å². The molecule has 2 aromatic heterocycles. The minimum Gasteiger partial charge on any atom is -0.300 e. The number of aromatic nitrogens is 5. The van der Waals surface area contributed by atoms with Gasteiger partial charge in [-0.25, -0.2) is 4.98 Å². The number of alkyl halides is 3. The molecule has 0 bridgehead atoms. The third-order valence-electron chi connectivity index (χ3n) is 3.42. The van der Waals surface area contributed by atoms with Crippen molar-refractivity contribution in [1.82, 2.24) is 25.4 Å². The van der Waals surface area contributed by atoms with Gasteiger partial charge in [-0.15, -0.1) is 20.4 Å². The van der Waals surface area contributed by atoms with Crippen molar-refractivity contribution in [1.29, 1.82) is 0 Å². The molecule has 146 valence electrons. The summed E-state index contributed by atoms with van der Waals surface area (Å²) in [6, 6.07) is 9.37.